The summed E-state index contributed by atoms with van der Waals surface area (Å²) in [5.74, 6) is 0.801. The summed E-state index contributed by atoms with van der Waals surface area (Å²) < 4.78 is 0. The van der Waals surface area contributed by atoms with Crippen molar-refractivity contribution in [3.8, 4) is 0 Å². The summed E-state index contributed by atoms with van der Waals surface area (Å²) in [6.45, 7) is 3.23. The van der Waals surface area contributed by atoms with Gasteiger partial charge in [0.05, 0.1) is 12.9 Å². The molecule has 3 N–H and O–H groups in total. The molecule has 0 radical (unpaired) electrons. The van der Waals surface area contributed by atoms with Crippen LogP contribution in [0.3, 0.4) is 0 Å². The number of nitrogens with one attached hydrogen (secondary N) is 2. The van der Waals surface area contributed by atoms with Crippen molar-refractivity contribution >= 4 is 17.0 Å². The highest BCUT2D eigenvalue weighted by Gasteiger charge is 2.20. The van der Waals surface area contributed by atoms with Gasteiger partial charge in [-0.15, -0.1) is 0 Å². The van der Waals surface area contributed by atoms with Gasteiger partial charge in [-0.25, -0.2) is 15.0 Å². The van der Waals surface area contributed by atoms with E-state index in [0.29, 0.717) is 11.7 Å². The Morgan fingerprint density at radius 3 is 3.19 bits per heavy atom. The number of likely N-dealkylation sites (tertiary alicyclic amines) is 1. The number of aliphatic hydroxyl groups excluding tert-OH is 1. The Kier molecular flexibility index (Phi) is 4.62. The highest BCUT2D eigenvalue weighted by atomic mass is 16.3. The molecule has 0 saturated carbocycles. The van der Waals surface area contributed by atoms with Crippen LogP contribution in [-0.2, 0) is 0 Å². The Hall–Kier alpha value is -1.73. The molecule has 0 aliphatic carbocycles. The van der Waals surface area contributed by atoms with Crippen LogP contribution in [0.1, 0.15) is 25.7 Å². The molecule has 2 aromatic heterocycles. The molecular formula is C14H22N6O. The number of fused-ring (bicyclic) bond motifs is 1. The summed E-state index contributed by atoms with van der Waals surface area (Å²) in [4.78, 5) is 17.9. The molecule has 7 heteroatoms. The number of aromatic amines is 1. The zero-order valence-electron chi connectivity index (χ0n) is 12.1. The molecule has 0 bridgehead atoms. The Bertz CT molecular complexity index is 571. The van der Waals surface area contributed by atoms with Crippen LogP contribution in [0.4, 0.5) is 5.82 Å². The van der Waals surface area contributed by atoms with Crippen LogP contribution in [0.25, 0.3) is 11.2 Å². The SMILES string of the molecule is OC[C@@H]1CCCCN1CCCNc1ncnc2nc[nH]c12. The minimum absolute atomic E-state index is 0.272. The van der Waals surface area contributed by atoms with Crippen LogP contribution < -0.4 is 5.32 Å². The second kappa shape index (κ2) is 6.82. The molecule has 0 unspecified atom stereocenters. The second-order valence-electron chi connectivity index (χ2n) is 5.47. The molecule has 0 amide bonds. The van der Waals surface area contributed by atoms with E-state index in [0.717, 1.165) is 43.8 Å². The van der Waals surface area contributed by atoms with Gasteiger partial charge in [-0.1, -0.05) is 6.42 Å². The average molecular weight is 290 g/mol. The third kappa shape index (κ3) is 3.30. The fourth-order valence-corrected chi connectivity index (χ4v) is 2.95. The van der Waals surface area contributed by atoms with Gasteiger partial charge in [0.25, 0.3) is 0 Å². The lowest BCUT2D eigenvalue weighted by atomic mass is 10.0. The quantitative estimate of drug-likeness (QED) is 0.688. The lowest BCUT2D eigenvalue weighted by Crippen LogP contribution is -2.42. The van der Waals surface area contributed by atoms with Gasteiger partial charge in [-0.2, -0.15) is 0 Å². The molecule has 1 fully saturated rings. The molecule has 1 aliphatic rings. The number of H-pyrrole nitrogens is 1. The van der Waals surface area contributed by atoms with Gasteiger partial charge in [-0.3, -0.25) is 4.90 Å². The first-order valence-electron chi connectivity index (χ1n) is 7.61. The molecule has 21 heavy (non-hydrogen) atoms. The van der Waals surface area contributed by atoms with E-state index >= 15 is 0 Å². The number of rotatable bonds is 6. The smallest absolute Gasteiger partial charge is 0.182 e. The first-order chi connectivity index (χ1) is 10.4. The van der Waals surface area contributed by atoms with Crippen LogP contribution in [-0.4, -0.2) is 62.2 Å². The van der Waals surface area contributed by atoms with E-state index in [1.165, 1.54) is 19.2 Å². The summed E-state index contributed by atoms with van der Waals surface area (Å²) in [6, 6.07) is 0.345. The van der Waals surface area contributed by atoms with Gasteiger partial charge in [-0.05, 0) is 25.8 Å². The zero-order chi connectivity index (χ0) is 14.5. The monoisotopic (exact) mass is 290 g/mol. The van der Waals surface area contributed by atoms with Crippen molar-refractivity contribution in [2.75, 3.05) is 31.6 Å². The normalized spacial score (nSPS) is 20.0. The molecule has 2 aromatic rings. The first kappa shape index (κ1) is 14.2. The van der Waals surface area contributed by atoms with E-state index in [-0.39, 0.29) is 6.61 Å². The molecule has 1 aliphatic heterocycles. The van der Waals surface area contributed by atoms with Crippen molar-refractivity contribution in [2.45, 2.75) is 31.7 Å². The van der Waals surface area contributed by atoms with E-state index in [2.05, 4.69) is 30.2 Å². The van der Waals surface area contributed by atoms with Crippen molar-refractivity contribution < 1.29 is 5.11 Å². The molecule has 1 atom stereocenters. The number of nitrogens with zero attached hydrogens (tertiary/aromatic N) is 4. The van der Waals surface area contributed by atoms with Gasteiger partial charge < -0.3 is 15.4 Å². The lowest BCUT2D eigenvalue weighted by molar-refractivity contribution is 0.0901. The molecule has 1 saturated heterocycles. The Balaban J connectivity index is 1.49. The molecule has 7 nitrogen and oxygen atoms in total. The van der Waals surface area contributed by atoms with Crippen LogP contribution in [0.5, 0.6) is 0 Å². The highest BCUT2D eigenvalue weighted by molar-refractivity contribution is 5.81. The van der Waals surface area contributed by atoms with Crippen molar-refractivity contribution in [1.29, 1.82) is 0 Å². The Morgan fingerprint density at radius 1 is 1.33 bits per heavy atom. The maximum Gasteiger partial charge on any atom is 0.182 e. The minimum atomic E-state index is 0.272. The van der Waals surface area contributed by atoms with Crippen LogP contribution in [0.2, 0.25) is 0 Å². The number of aliphatic hydroxyl groups is 1. The van der Waals surface area contributed by atoms with Gasteiger partial charge >= 0.3 is 0 Å². The van der Waals surface area contributed by atoms with E-state index < -0.39 is 0 Å². The summed E-state index contributed by atoms with van der Waals surface area (Å²) in [7, 11) is 0. The predicted molar refractivity (Wildman–Crippen MR) is 81.1 cm³/mol. The summed E-state index contributed by atoms with van der Waals surface area (Å²) in [6.07, 6.45) is 7.77. The number of piperidine rings is 1. The van der Waals surface area contributed by atoms with Crippen molar-refractivity contribution in [3.05, 3.63) is 12.7 Å². The summed E-state index contributed by atoms with van der Waals surface area (Å²) >= 11 is 0. The van der Waals surface area contributed by atoms with E-state index in [4.69, 9.17) is 0 Å². The maximum atomic E-state index is 9.41. The van der Waals surface area contributed by atoms with Gasteiger partial charge in [0.1, 0.15) is 11.8 Å². The van der Waals surface area contributed by atoms with Crippen LogP contribution >= 0.6 is 0 Å². The highest BCUT2D eigenvalue weighted by Crippen LogP contribution is 2.17. The molecule has 0 aromatic carbocycles. The number of aromatic nitrogens is 4. The Labute approximate surface area is 123 Å². The standard InChI is InChI=1S/C14H22N6O/c21-8-11-4-1-2-6-20(11)7-3-5-15-13-12-14(17-9-16-12)19-10-18-13/h9-11,21H,1-8H2,(H2,15,16,17,18,19)/t11-/m0/s1. The van der Waals surface area contributed by atoms with E-state index in [1.54, 1.807) is 6.33 Å². The zero-order valence-corrected chi connectivity index (χ0v) is 12.1. The van der Waals surface area contributed by atoms with Gasteiger partial charge in [0, 0.05) is 19.1 Å². The lowest BCUT2D eigenvalue weighted by Gasteiger charge is -2.34. The number of imidazole rings is 1. The van der Waals surface area contributed by atoms with Crippen molar-refractivity contribution in [1.82, 2.24) is 24.8 Å². The fourth-order valence-electron chi connectivity index (χ4n) is 2.95. The number of hydrogen-bond donors (Lipinski definition) is 3. The van der Waals surface area contributed by atoms with Gasteiger partial charge in [0.15, 0.2) is 11.5 Å². The third-order valence-electron chi connectivity index (χ3n) is 4.10. The van der Waals surface area contributed by atoms with E-state index in [9.17, 15) is 5.11 Å². The Morgan fingerprint density at radius 2 is 2.29 bits per heavy atom. The van der Waals surface area contributed by atoms with Crippen molar-refractivity contribution in [2.24, 2.45) is 0 Å². The molecule has 0 spiro atoms. The molecule has 114 valence electrons. The topological polar surface area (TPSA) is 90.0 Å². The average Bonchev–Trinajstić information content (AvgIpc) is 3.01. The number of anilines is 1. The van der Waals surface area contributed by atoms with Gasteiger partial charge in [0.2, 0.25) is 0 Å². The third-order valence-corrected chi connectivity index (χ3v) is 4.10. The van der Waals surface area contributed by atoms with Crippen LogP contribution in [0.15, 0.2) is 12.7 Å². The van der Waals surface area contributed by atoms with Crippen molar-refractivity contribution in [3.63, 3.8) is 0 Å². The van der Waals surface area contributed by atoms with E-state index in [1.807, 2.05) is 0 Å². The summed E-state index contributed by atoms with van der Waals surface area (Å²) in [5, 5.41) is 12.7. The largest absolute Gasteiger partial charge is 0.395 e. The first-order valence-corrected chi connectivity index (χ1v) is 7.61. The number of hydrogen-bond acceptors (Lipinski definition) is 6. The second-order valence-corrected chi connectivity index (χ2v) is 5.47. The van der Waals surface area contributed by atoms with Crippen LogP contribution in [0, 0.1) is 0 Å². The molecule has 3 heterocycles. The molecule has 3 rings (SSSR count). The fraction of sp³-hybridized carbons (Fsp3) is 0.643. The predicted octanol–water partition coefficient (Wildman–Crippen LogP) is 1.00. The summed E-state index contributed by atoms with van der Waals surface area (Å²) in [5.41, 5.74) is 1.53. The molecular weight excluding hydrogens is 268 g/mol. The maximum absolute atomic E-state index is 9.41. The minimum Gasteiger partial charge on any atom is -0.395 e.